The molecule has 2 aromatic rings. The molecular formula is C17H13FN2O. The topological polar surface area (TPSA) is 41.5 Å². The van der Waals surface area contributed by atoms with E-state index in [4.69, 9.17) is 0 Å². The molecule has 1 aliphatic rings. The Kier molecular flexibility index (Phi) is 3.36. The molecule has 0 unspecified atom stereocenters. The Morgan fingerprint density at radius 3 is 2.71 bits per heavy atom. The van der Waals surface area contributed by atoms with Crippen molar-refractivity contribution in [2.75, 3.05) is 0 Å². The number of carbonyl (C=O) groups excluding carboxylic acids is 1. The lowest BCUT2D eigenvalue weighted by Crippen LogP contribution is -2.20. The maximum Gasteiger partial charge on any atom is 0.153 e. The van der Waals surface area contributed by atoms with Gasteiger partial charge in [0.15, 0.2) is 6.29 Å². The van der Waals surface area contributed by atoms with E-state index in [1.807, 2.05) is 24.3 Å². The molecule has 1 aliphatic heterocycles. The molecule has 0 saturated carbocycles. The molecule has 1 N–H and O–H groups in total. The molecule has 4 heteroatoms. The van der Waals surface area contributed by atoms with E-state index < -0.39 is 5.82 Å². The summed E-state index contributed by atoms with van der Waals surface area (Å²) in [7, 11) is 0. The van der Waals surface area contributed by atoms with Crippen molar-refractivity contribution in [3.05, 3.63) is 77.1 Å². The van der Waals surface area contributed by atoms with E-state index in [1.54, 1.807) is 12.1 Å². The summed E-state index contributed by atoms with van der Waals surface area (Å²) in [5.74, 6) is -0.508. The van der Waals surface area contributed by atoms with Crippen LogP contribution in [0, 0.1) is 5.82 Å². The van der Waals surface area contributed by atoms with E-state index in [2.05, 4.69) is 17.1 Å². The van der Waals surface area contributed by atoms with E-state index in [1.165, 1.54) is 6.07 Å². The fraction of sp³-hybridized carbons (Fsp3) is 0.0588. The van der Waals surface area contributed by atoms with Gasteiger partial charge in [-0.2, -0.15) is 5.10 Å². The van der Waals surface area contributed by atoms with Crippen LogP contribution in [0.2, 0.25) is 0 Å². The molecular weight excluding hydrogens is 267 g/mol. The Balaban J connectivity index is 1.96. The zero-order valence-corrected chi connectivity index (χ0v) is 11.3. The average Bonchev–Trinajstić information content (AvgIpc) is 2.52. The number of hydrogen-bond acceptors (Lipinski definition) is 3. The lowest BCUT2D eigenvalue weighted by atomic mass is 9.95. The third-order valence-electron chi connectivity index (χ3n) is 3.45. The van der Waals surface area contributed by atoms with Crippen molar-refractivity contribution in [3.8, 4) is 0 Å². The van der Waals surface area contributed by atoms with Gasteiger partial charge in [-0.25, -0.2) is 4.39 Å². The van der Waals surface area contributed by atoms with Crippen LogP contribution in [0.15, 0.2) is 54.1 Å². The number of fused-ring (bicyclic) bond motifs is 1. The largest absolute Gasteiger partial charge is 0.298 e. The summed E-state index contributed by atoms with van der Waals surface area (Å²) >= 11 is 0. The van der Waals surface area contributed by atoms with Gasteiger partial charge >= 0.3 is 0 Å². The average molecular weight is 280 g/mol. The van der Waals surface area contributed by atoms with Crippen LogP contribution >= 0.6 is 0 Å². The summed E-state index contributed by atoms with van der Waals surface area (Å²) in [6.07, 6.45) is 1.04. The summed E-state index contributed by atoms with van der Waals surface area (Å²) in [6.45, 7) is 3.92. The third-order valence-corrected chi connectivity index (χ3v) is 3.45. The molecule has 0 aliphatic carbocycles. The lowest BCUT2D eigenvalue weighted by molar-refractivity contribution is 0.111. The Bertz CT molecular complexity index is 765. The first kappa shape index (κ1) is 13.2. The molecule has 0 amide bonds. The highest BCUT2D eigenvalue weighted by atomic mass is 19.1. The second-order valence-corrected chi connectivity index (χ2v) is 4.84. The molecule has 1 heterocycles. The maximum atomic E-state index is 13.4. The van der Waals surface area contributed by atoms with Crippen LogP contribution < -0.4 is 5.43 Å². The maximum absolute atomic E-state index is 13.4. The van der Waals surface area contributed by atoms with Crippen molar-refractivity contribution in [1.29, 1.82) is 0 Å². The number of benzene rings is 2. The van der Waals surface area contributed by atoms with Crippen molar-refractivity contribution in [2.45, 2.75) is 6.42 Å². The number of aldehydes is 1. The van der Waals surface area contributed by atoms with Gasteiger partial charge < -0.3 is 0 Å². The zero-order chi connectivity index (χ0) is 14.8. The van der Waals surface area contributed by atoms with Gasteiger partial charge in [0.1, 0.15) is 5.82 Å². The smallest absolute Gasteiger partial charge is 0.153 e. The first-order chi connectivity index (χ1) is 10.2. The number of carbonyl (C=O) groups is 1. The zero-order valence-electron chi connectivity index (χ0n) is 11.3. The molecule has 0 atom stereocenters. The highest BCUT2D eigenvalue weighted by Crippen LogP contribution is 2.22. The molecule has 0 spiro atoms. The van der Waals surface area contributed by atoms with Gasteiger partial charge in [-0.1, -0.05) is 36.9 Å². The van der Waals surface area contributed by atoms with Crippen LogP contribution in [-0.4, -0.2) is 12.0 Å². The van der Waals surface area contributed by atoms with Gasteiger partial charge in [0, 0.05) is 17.5 Å². The first-order valence-corrected chi connectivity index (χ1v) is 6.54. The van der Waals surface area contributed by atoms with Gasteiger partial charge in [0.2, 0.25) is 0 Å². The minimum atomic E-state index is -0.508. The second-order valence-electron chi connectivity index (χ2n) is 4.84. The summed E-state index contributed by atoms with van der Waals surface area (Å²) in [6, 6.07) is 12.4. The van der Waals surface area contributed by atoms with Crippen molar-refractivity contribution in [3.63, 3.8) is 0 Å². The molecule has 0 aromatic heterocycles. The van der Waals surface area contributed by atoms with E-state index in [-0.39, 0.29) is 5.56 Å². The number of nitrogens with zero attached hydrogens (tertiary/aromatic N) is 1. The molecule has 2 aromatic carbocycles. The van der Waals surface area contributed by atoms with Crippen LogP contribution in [0.3, 0.4) is 0 Å². The summed E-state index contributed by atoms with van der Waals surface area (Å²) < 4.78 is 13.4. The molecule has 0 bridgehead atoms. The highest BCUT2D eigenvalue weighted by molar-refractivity contribution is 6.07. The van der Waals surface area contributed by atoms with Crippen molar-refractivity contribution in [2.24, 2.45) is 5.10 Å². The fourth-order valence-corrected chi connectivity index (χ4v) is 2.37. The predicted molar refractivity (Wildman–Crippen MR) is 80.6 cm³/mol. The van der Waals surface area contributed by atoms with E-state index in [9.17, 15) is 9.18 Å². The summed E-state index contributed by atoms with van der Waals surface area (Å²) in [5, 5.41) is 4.31. The van der Waals surface area contributed by atoms with Crippen molar-refractivity contribution < 1.29 is 9.18 Å². The number of halogens is 1. The predicted octanol–water partition coefficient (Wildman–Crippen LogP) is 3.16. The quantitative estimate of drug-likeness (QED) is 0.877. The van der Waals surface area contributed by atoms with Crippen molar-refractivity contribution in [1.82, 2.24) is 5.43 Å². The number of nitrogens with one attached hydrogen (secondary N) is 1. The minimum Gasteiger partial charge on any atom is -0.298 e. The fourth-order valence-electron chi connectivity index (χ4n) is 2.37. The molecule has 0 fully saturated rings. The SMILES string of the molecule is C=C1NN=C(Cc2ccc(F)c(C=O)c2)c2ccccc21. The van der Waals surface area contributed by atoms with Gasteiger partial charge in [-0.05, 0) is 17.7 Å². The van der Waals surface area contributed by atoms with E-state index in [0.29, 0.717) is 12.7 Å². The molecule has 21 heavy (non-hydrogen) atoms. The molecule has 104 valence electrons. The molecule has 3 nitrogen and oxygen atoms in total. The number of rotatable bonds is 3. The summed E-state index contributed by atoms with van der Waals surface area (Å²) in [5.41, 5.74) is 7.38. The second kappa shape index (κ2) is 5.32. The lowest BCUT2D eigenvalue weighted by Gasteiger charge is -2.19. The standard InChI is InChI=1S/C17H13FN2O/c1-11-14-4-2-3-5-15(14)17(20-19-11)9-12-6-7-16(18)13(8-12)10-21/h2-8,10,19H,1,9H2. The number of hydrogen-bond donors (Lipinski definition) is 1. The van der Waals surface area contributed by atoms with E-state index in [0.717, 1.165) is 28.1 Å². The third kappa shape index (κ3) is 2.48. The van der Waals surface area contributed by atoms with Gasteiger partial charge in [0.05, 0.1) is 17.0 Å². The van der Waals surface area contributed by atoms with Crippen LogP contribution in [0.25, 0.3) is 5.70 Å². The number of hydrazone groups is 1. The van der Waals surface area contributed by atoms with Gasteiger partial charge in [-0.15, -0.1) is 0 Å². The summed E-state index contributed by atoms with van der Waals surface area (Å²) in [4.78, 5) is 10.8. The van der Waals surface area contributed by atoms with Crippen LogP contribution in [0.1, 0.15) is 27.0 Å². The Hall–Kier alpha value is -2.75. The van der Waals surface area contributed by atoms with Crippen LogP contribution in [-0.2, 0) is 6.42 Å². The minimum absolute atomic E-state index is 0.0644. The van der Waals surface area contributed by atoms with Gasteiger partial charge in [0.25, 0.3) is 0 Å². The van der Waals surface area contributed by atoms with Crippen LogP contribution in [0.5, 0.6) is 0 Å². The Morgan fingerprint density at radius 2 is 1.95 bits per heavy atom. The van der Waals surface area contributed by atoms with Gasteiger partial charge in [-0.3, -0.25) is 10.2 Å². The molecule has 3 rings (SSSR count). The highest BCUT2D eigenvalue weighted by Gasteiger charge is 2.16. The Labute approximate surface area is 121 Å². The van der Waals surface area contributed by atoms with Crippen LogP contribution in [0.4, 0.5) is 4.39 Å². The molecule has 0 radical (unpaired) electrons. The molecule has 0 saturated heterocycles. The normalized spacial score (nSPS) is 13.2. The van der Waals surface area contributed by atoms with E-state index >= 15 is 0 Å². The first-order valence-electron chi connectivity index (χ1n) is 6.54. The Morgan fingerprint density at radius 1 is 1.19 bits per heavy atom. The monoisotopic (exact) mass is 280 g/mol. The van der Waals surface area contributed by atoms with Crippen molar-refractivity contribution >= 4 is 17.7 Å².